The van der Waals surface area contributed by atoms with Gasteiger partial charge in [0.1, 0.15) is 0 Å². The topological polar surface area (TPSA) is 15.3 Å². The molecule has 0 saturated heterocycles. The van der Waals surface area contributed by atoms with E-state index in [1.54, 1.807) is 0 Å². The maximum Gasteiger partial charge on any atom is 0.0303 e. The molecule has 0 aromatic carbocycles. The van der Waals surface area contributed by atoms with Crippen LogP contribution in [0.4, 0.5) is 0 Å². The number of hydrogen-bond donors (Lipinski definition) is 1. The van der Waals surface area contributed by atoms with E-state index >= 15 is 0 Å². The summed E-state index contributed by atoms with van der Waals surface area (Å²) in [5.41, 5.74) is 0.332. The number of rotatable bonds is 6. The molecule has 0 aromatic heterocycles. The summed E-state index contributed by atoms with van der Waals surface area (Å²) in [5.74, 6) is 0. The van der Waals surface area contributed by atoms with Crippen molar-refractivity contribution in [2.45, 2.75) is 53.0 Å². The SMILES string of the molecule is CC.CCNC(CC)(CC)CN(C)C. The molecule has 14 heavy (non-hydrogen) atoms. The lowest BCUT2D eigenvalue weighted by atomic mass is 9.92. The first-order valence-electron chi connectivity index (χ1n) is 6.00. The van der Waals surface area contributed by atoms with E-state index in [2.05, 4.69) is 45.1 Å². The Kier molecular flexibility index (Phi) is 11.1. The number of nitrogens with one attached hydrogen (secondary N) is 1. The van der Waals surface area contributed by atoms with Crippen LogP contribution in [0, 0.1) is 0 Å². The van der Waals surface area contributed by atoms with Crippen LogP contribution in [0.3, 0.4) is 0 Å². The molecule has 0 radical (unpaired) electrons. The smallest absolute Gasteiger partial charge is 0.0303 e. The lowest BCUT2D eigenvalue weighted by Gasteiger charge is -2.35. The van der Waals surface area contributed by atoms with Crippen molar-refractivity contribution in [3.63, 3.8) is 0 Å². The van der Waals surface area contributed by atoms with Crippen LogP contribution in [-0.2, 0) is 0 Å². The molecule has 2 heteroatoms. The van der Waals surface area contributed by atoms with Gasteiger partial charge < -0.3 is 10.2 Å². The van der Waals surface area contributed by atoms with Crippen molar-refractivity contribution < 1.29 is 0 Å². The van der Waals surface area contributed by atoms with Crippen LogP contribution in [0.2, 0.25) is 0 Å². The highest BCUT2D eigenvalue weighted by molar-refractivity contribution is 4.86. The zero-order chi connectivity index (χ0) is 11.6. The van der Waals surface area contributed by atoms with Crippen molar-refractivity contribution in [2.75, 3.05) is 27.2 Å². The fourth-order valence-electron chi connectivity index (χ4n) is 1.76. The van der Waals surface area contributed by atoms with E-state index in [1.807, 2.05) is 13.8 Å². The minimum atomic E-state index is 0.332. The molecule has 0 aliphatic rings. The van der Waals surface area contributed by atoms with Gasteiger partial charge in [-0.15, -0.1) is 0 Å². The first-order chi connectivity index (χ1) is 6.60. The summed E-state index contributed by atoms with van der Waals surface area (Å²) in [5, 5.41) is 3.59. The molecule has 0 fully saturated rings. The highest BCUT2D eigenvalue weighted by Crippen LogP contribution is 2.15. The highest BCUT2D eigenvalue weighted by Gasteiger charge is 2.24. The van der Waals surface area contributed by atoms with Crippen LogP contribution < -0.4 is 5.32 Å². The van der Waals surface area contributed by atoms with Crippen LogP contribution >= 0.6 is 0 Å². The predicted molar refractivity (Wildman–Crippen MR) is 66.9 cm³/mol. The van der Waals surface area contributed by atoms with E-state index in [0.29, 0.717) is 5.54 Å². The molecule has 0 aromatic rings. The number of likely N-dealkylation sites (N-methyl/N-ethyl adjacent to an activating group) is 2. The van der Waals surface area contributed by atoms with E-state index in [1.165, 1.54) is 12.8 Å². The number of hydrogen-bond acceptors (Lipinski definition) is 2. The summed E-state index contributed by atoms with van der Waals surface area (Å²) in [6.45, 7) is 12.9. The lowest BCUT2D eigenvalue weighted by Crippen LogP contribution is -2.51. The molecule has 0 amide bonds. The van der Waals surface area contributed by atoms with Crippen molar-refractivity contribution in [1.29, 1.82) is 0 Å². The Morgan fingerprint density at radius 1 is 1.00 bits per heavy atom. The summed E-state index contributed by atoms with van der Waals surface area (Å²) in [7, 11) is 4.27. The second kappa shape index (κ2) is 9.47. The second-order valence-electron chi connectivity index (χ2n) is 3.76. The van der Waals surface area contributed by atoms with Crippen molar-refractivity contribution in [3.8, 4) is 0 Å². The maximum absolute atomic E-state index is 3.59. The molecular formula is C12H30N2. The Labute approximate surface area is 91.1 Å². The van der Waals surface area contributed by atoms with Crippen LogP contribution in [0.25, 0.3) is 0 Å². The molecular weight excluding hydrogens is 172 g/mol. The second-order valence-corrected chi connectivity index (χ2v) is 3.76. The van der Waals surface area contributed by atoms with Gasteiger partial charge in [-0.05, 0) is 33.5 Å². The van der Waals surface area contributed by atoms with Gasteiger partial charge in [-0.25, -0.2) is 0 Å². The quantitative estimate of drug-likeness (QED) is 0.712. The third-order valence-corrected chi connectivity index (χ3v) is 2.52. The van der Waals surface area contributed by atoms with E-state index < -0.39 is 0 Å². The minimum Gasteiger partial charge on any atom is -0.310 e. The Hall–Kier alpha value is -0.0800. The molecule has 2 nitrogen and oxygen atoms in total. The van der Waals surface area contributed by atoms with Gasteiger partial charge in [-0.2, -0.15) is 0 Å². The fraction of sp³-hybridized carbons (Fsp3) is 1.00. The Balaban J connectivity index is 0. The van der Waals surface area contributed by atoms with Gasteiger partial charge >= 0.3 is 0 Å². The molecule has 0 bridgehead atoms. The molecule has 0 aliphatic heterocycles. The van der Waals surface area contributed by atoms with Crippen LogP contribution in [0.1, 0.15) is 47.5 Å². The third-order valence-electron chi connectivity index (χ3n) is 2.52. The summed E-state index contributed by atoms with van der Waals surface area (Å²) >= 11 is 0. The molecule has 0 heterocycles. The van der Waals surface area contributed by atoms with Gasteiger partial charge in [-0.1, -0.05) is 34.6 Å². The van der Waals surface area contributed by atoms with Crippen molar-refractivity contribution in [2.24, 2.45) is 0 Å². The van der Waals surface area contributed by atoms with Gasteiger partial charge in [0.05, 0.1) is 0 Å². The van der Waals surface area contributed by atoms with Gasteiger partial charge in [0, 0.05) is 12.1 Å². The standard InChI is InChI=1S/C10H24N2.C2H6/c1-6-10(7-2,11-8-3)9-12(4)5;1-2/h11H,6-9H2,1-5H3;1-2H3. The molecule has 0 saturated carbocycles. The van der Waals surface area contributed by atoms with Crippen LogP contribution in [0.5, 0.6) is 0 Å². The molecule has 0 atom stereocenters. The van der Waals surface area contributed by atoms with E-state index in [-0.39, 0.29) is 0 Å². The zero-order valence-corrected chi connectivity index (χ0v) is 11.3. The average molecular weight is 202 g/mol. The van der Waals surface area contributed by atoms with Crippen LogP contribution in [-0.4, -0.2) is 37.6 Å². The molecule has 1 N–H and O–H groups in total. The van der Waals surface area contributed by atoms with E-state index in [9.17, 15) is 0 Å². The fourth-order valence-corrected chi connectivity index (χ4v) is 1.76. The highest BCUT2D eigenvalue weighted by atomic mass is 15.1. The molecule has 88 valence electrons. The van der Waals surface area contributed by atoms with Crippen molar-refractivity contribution >= 4 is 0 Å². The molecule has 0 rings (SSSR count). The van der Waals surface area contributed by atoms with Crippen molar-refractivity contribution in [1.82, 2.24) is 10.2 Å². The molecule has 0 spiro atoms. The van der Waals surface area contributed by atoms with Gasteiger partial charge in [0.25, 0.3) is 0 Å². The van der Waals surface area contributed by atoms with Crippen LogP contribution in [0.15, 0.2) is 0 Å². The normalized spacial score (nSPS) is 11.1. The largest absolute Gasteiger partial charge is 0.310 e. The van der Waals surface area contributed by atoms with Crippen molar-refractivity contribution in [3.05, 3.63) is 0 Å². The van der Waals surface area contributed by atoms with E-state index in [0.717, 1.165) is 13.1 Å². The average Bonchev–Trinajstić information content (AvgIpc) is 2.19. The summed E-state index contributed by atoms with van der Waals surface area (Å²) in [6.07, 6.45) is 2.41. The third kappa shape index (κ3) is 6.39. The first kappa shape index (κ1) is 16.4. The first-order valence-corrected chi connectivity index (χ1v) is 6.00. The maximum atomic E-state index is 3.59. The minimum absolute atomic E-state index is 0.332. The molecule has 0 unspecified atom stereocenters. The number of nitrogens with zero attached hydrogens (tertiary/aromatic N) is 1. The van der Waals surface area contributed by atoms with Gasteiger partial charge in [0.2, 0.25) is 0 Å². The summed E-state index contributed by atoms with van der Waals surface area (Å²) in [4.78, 5) is 2.26. The van der Waals surface area contributed by atoms with E-state index in [4.69, 9.17) is 0 Å². The van der Waals surface area contributed by atoms with Gasteiger partial charge in [-0.3, -0.25) is 0 Å². The van der Waals surface area contributed by atoms with Gasteiger partial charge in [0.15, 0.2) is 0 Å². The Morgan fingerprint density at radius 2 is 1.43 bits per heavy atom. The summed E-state index contributed by atoms with van der Waals surface area (Å²) in [6, 6.07) is 0. The Morgan fingerprint density at radius 3 is 1.64 bits per heavy atom. The monoisotopic (exact) mass is 202 g/mol. The Bertz CT molecular complexity index is 107. The zero-order valence-electron chi connectivity index (χ0n) is 11.3. The summed E-state index contributed by atoms with van der Waals surface area (Å²) < 4.78 is 0. The molecule has 0 aliphatic carbocycles. The predicted octanol–water partition coefficient (Wildman–Crippen LogP) is 2.74. The lowest BCUT2D eigenvalue weighted by molar-refractivity contribution is 0.220.